The van der Waals surface area contributed by atoms with E-state index in [0.29, 0.717) is 10.8 Å². The van der Waals surface area contributed by atoms with Gasteiger partial charge in [0.15, 0.2) is 0 Å². The molecule has 0 bridgehead atoms. The summed E-state index contributed by atoms with van der Waals surface area (Å²) in [4.78, 5) is 0. The topological polar surface area (TPSA) is 21.3 Å². The van der Waals surface area contributed by atoms with Crippen molar-refractivity contribution in [2.24, 2.45) is 0 Å². The minimum Gasteiger partial charge on any atom is -0.488 e. The van der Waals surface area contributed by atoms with E-state index >= 15 is 0 Å². The van der Waals surface area contributed by atoms with Crippen LogP contribution in [0.1, 0.15) is 18.5 Å². The molecule has 2 nitrogen and oxygen atoms in total. The quantitative estimate of drug-likeness (QED) is 0.857. The smallest absolute Gasteiger partial charge is 0.124 e. The van der Waals surface area contributed by atoms with E-state index in [1.165, 1.54) is 12.1 Å². The van der Waals surface area contributed by atoms with E-state index < -0.39 is 0 Å². The van der Waals surface area contributed by atoms with E-state index in [1.807, 2.05) is 6.92 Å². The summed E-state index contributed by atoms with van der Waals surface area (Å²) in [7, 11) is 1.81. The van der Waals surface area contributed by atoms with Gasteiger partial charge < -0.3 is 10.1 Å². The average Bonchev–Trinajstić information content (AvgIpc) is 2.26. The van der Waals surface area contributed by atoms with Gasteiger partial charge in [-0.1, -0.05) is 18.2 Å². The maximum Gasteiger partial charge on any atom is 0.124 e. The molecule has 0 aliphatic carbocycles. The Kier molecular flexibility index (Phi) is 4.77. The molecule has 1 aromatic carbocycles. The van der Waals surface area contributed by atoms with Crippen LogP contribution in [0.25, 0.3) is 0 Å². The molecule has 1 rings (SSSR count). The van der Waals surface area contributed by atoms with Gasteiger partial charge in [-0.2, -0.15) is 0 Å². The van der Waals surface area contributed by atoms with Gasteiger partial charge in [0.1, 0.15) is 18.2 Å². The summed E-state index contributed by atoms with van der Waals surface area (Å²) in [5.41, 5.74) is 0.764. The van der Waals surface area contributed by atoms with Crippen LogP contribution in [0.15, 0.2) is 29.8 Å². The van der Waals surface area contributed by atoms with Crippen molar-refractivity contribution in [1.82, 2.24) is 5.32 Å². The summed E-state index contributed by atoms with van der Waals surface area (Å²) in [5, 5.41) is 3.44. The van der Waals surface area contributed by atoms with E-state index in [9.17, 15) is 4.39 Å². The lowest BCUT2D eigenvalue weighted by atomic mass is 10.1. The molecular formula is C12H15ClFNO. The highest BCUT2D eigenvalue weighted by Crippen LogP contribution is 2.26. The first-order valence-electron chi connectivity index (χ1n) is 4.97. The summed E-state index contributed by atoms with van der Waals surface area (Å²) in [5.74, 6) is 0.333. The minimum absolute atomic E-state index is 0.00860. The first-order chi connectivity index (χ1) is 7.54. The van der Waals surface area contributed by atoms with Crippen LogP contribution < -0.4 is 10.1 Å². The molecule has 0 fully saturated rings. The number of benzene rings is 1. The van der Waals surface area contributed by atoms with Crippen LogP contribution in [0, 0.1) is 5.82 Å². The Hall–Kier alpha value is -1.06. The normalized spacial score (nSPS) is 12.2. The zero-order chi connectivity index (χ0) is 12.1. The molecule has 0 saturated heterocycles. The van der Waals surface area contributed by atoms with Crippen LogP contribution >= 0.6 is 11.6 Å². The van der Waals surface area contributed by atoms with Gasteiger partial charge in [0.05, 0.1) is 0 Å². The Labute approximate surface area is 100 Å². The van der Waals surface area contributed by atoms with Gasteiger partial charge in [-0.15, -0.1) is 0 Å². The van der Waals surface area contributed by atoms with E-state index in [2.05, 4.69) is 11.9 Å². The van der Waals surface area contributed by atoms with E-state index in [1.54, 1.807) is 13.1 Å². The molecule has 0 spiro atoms. The van der Waals surface area contributed by atoms with Crippen LogP contribution in [-0.2, 0) is 0 Å². The average molecular weight is 244 g/mol. The highest BCUT2D eigenvalue weighted by molar-refractivity contribution is 6.29. The molecule has 0 saturated carbocycles. The van der Waals surface area contributed by atoms with Gasteiger partial charge >= 0.3 is 0 Å². The molecule has 0 heterocycles. The van der Waals surface area contributed by atoms with E-state index in [-0.39, 0.29) is 18.5 Å². The van der Waals surface area contributed by atoms with Gasteiger partial charge in [0, 0.05) is 16.6 Å². The predicted molar refractivity (Wildman–Crippen MR) is 64.4 cm³/mol. The zero-order valence-electron chi connectivity index (χ0n) is 9.39. The third-order valence-corrected chi connectivity index (χ3v) is 2.36. The van der Waals surface area contributed by atoms with Crippen molar-refractivity contribution in [3.8, 4) is 5.75 Å². The minimum atomic E-state index is -0.283. The third-order valence-electron chi connectivity index (χ3n) is 2.26. The Morgan fingerprint density at radius 1 is 1.62 bits per heavy atom. The van der Waals surface area contributed by atoms with Crippen LogP contribution in [0.4, 0.5) is 4.39 Å². The second-order valence-electron chi connectivity index (χ2n) is 3.50. The number of hydrogen-bond donors (Lipinski definition) is 1. The first-order valence-corrected chi connectivity index (χ1v) is 5.35. The maximum absolute atomic E-state index is 13.1. The maximum atomic E-state index is 13.1. The molecule has 1 N–H and O–H groups in total. The van der Waals surface area contributed by atoms with Crippen molar-refractivity contribution in [2.75, 3.05) is 13.7 Å². The van der Waals surface area contributed by atoms with Gasteiger partial charge in [0.25, 0.3) is 0 Å². The number of hydrogen-bond acceptors (Lipinski definition) is 2. The molecule has 0 aliphatic heterocycles. The number of nitrogens with one attached hydrogen (secondary N) is 1. The summed E-state index contributed by atoms with van der Waals surface area (Å²) in [6, 6.07) is 4.42. The van der Waals surface area contributed by atoms with Gasteiger partial charge in [-0.25, -0.2) is 4.39 Å². The monoisotopic (exact) mass is 243 g/mol. The number of ether oxygens (including phenoxy) is 1. The SMILES string of the molecule is C=C(Cl)COc1ccc(F)cc1C(C)NC. The second kappa shape index (κ2) is 5.87. The molecule has 1 unspecified atom stereocenters. The molecule has 0 aromatic heterocycles. The summed E-state index contributed by atoms with van der Waals surface area (Å²) in [6.07, 6.45) is 0. The van der Waals surface area contributed by atoms with Crippen LogP contribution in [0.5, 0.6) is 5.75 Å². The van der Waals surface area contributed by atoms with Crippen molar-refractivity contribution in [3.05, 3.63) is 41.2 Å². The van der Waals surface area contributed by atoms with Crippen molar-refractivity contribution in [1.29, 1.82) is 0 Å². The van der Waals surface area contributed by atoms with Crippen LogP contribution in [0.2, 0.25) is 0 Å². The highest BCUT2D eigenvalue weighted by atomic mass is 35.5. The van der Waals surface area contributed by atoms with Crippen molar-refractivity contribution >= 4 is 11.6 Å². The lowest BCUT2D eigenvalue weighted by Gasteiger charge is -2.16. The largest absolute Gasteiger partial charge is 0.488 e. The molecule has 0 radical (unpaired) electrons. The zero-order valence-corrected chi connectivity index (χ0v) is 10.1. The van der Waals surface area contributed by atoms with Gasteiger partial charge in [-0.05, 0) is 32.2 Å². The van der Waals surface area contributed by atoms with Crippen molar-refractivity contribution in [2.45, 2.75) is 13.0 Å². The molecule has 1 aromatic rings. The molecule has 4 heteroatoms. The summed E-state index contributed by atoms with van der Waals surface area (Å²) < 4.78 is 18.6. The summed E-state index contributed by atoms with van der Waals surface area (Å²) >= 11 is 5.62. The molecule has 1 atom stereocenters. The van der Waals surface area contributed by atoms with Crippen LogP contribution in [0.3, 0.4) is 0 Å². The second-order valence-corrected chi connectivity index (χ2v) is 4.03. The lowest BCUT2D eigenvalue weighted by molar-refractivity contribution is 0.350. The molecule has 0 amide bonds. The molecule has 0 aliphatic rings. The fourth-order valence-corrected chi connectivity index (χ4v) is 1.36. The van der Waals surface area contributed by atoms with Gasteiger partial charge in [0.2, 0.25) is 0 Å². The Morgan fingerprint density at radius 2 is 2.31 bits per heavy atom. The van der Waals surface area contributed by atoms with Crippen LogP contribution in [-0.4, -0.2) is 13.7 Å². The highest BCUT2D eigenvalue weighted by Gasteiger charge is 2.11. The Balaban J connectivity index is 2.93. The third kappa shape index (κ3) is 3.51. The molecular weight excluding hydrogens is 229 g/mol. The van der Waals surface area contributed by atoms with Crippen molar-refractivity contribution in [3.63, 3.8) is 0 Å². The van der Waals surface area contributed by atoms with E-state index in [0.717, 1.165) is 5.56 Å². The van der Waals surface area contributed by atoms with E-state index in [4.69, 9.17) is 16.3 Å². The Morgan fingerprint density at radius 3 is 2.88 bits per heavy atom. The standard InChI is InChI=1S/C12H15ClFNO/c1-8(13)7-16-12-5-4-10(14)6-11(12)9(2)15-3/h4-6,9,15H,1,7H2,2-3H3. The predicted octanol–water partition coefficient (Wildman–Crippen LogP) is 3.24. The fraction of sp³-hybridized carbons (Fsp3) is 0.333. The number of rotatable bonds is 5. The van der Waals surface area contributed by atoms with Crippen molar-refractivity contribution < 1.29 is 9.13 Å². The first kappa shape index (κ1) is 13.0. The Bertz CT molecular complexity index is 381. The molecule has 88 valence electrons. The summed E-state index contributed by atoms with van der Waals surface area (Å²) in [6.45, 7) is 5.68. The number of halogens is 2. The fourth-order valence-electron chi connectivity index (χ4n) is 1.30. The van der Waals surface area contributed by atoms with Gasteiger partial charge in [-0.3, -0.25) is 0 Å². The lowest BCUT2D eigenvalue weighted by Crippen LogP contribution is -2.14. The molecule has 16 heavy (non-hydrogen) atoms.